The van der Waals surface area contributed by atoms with Crippen LogP contribution in [0.2, 0.25) is 0 Å². The molecule has 1 aromatic carbocycles. The molecule has 14 heavy (non-hydrogen) atoms. The standard InChI is InChI=1S/C13H19N/c1-3-11-4-6-12(7-5-11)10-14-13(2)8-9-13/h4-7,14H,3,8-10H2,1-2H3. The van der Waals surface area contributed by atoms with E-state index >= 15 is 0 Å². The molecule has 76 valence electrons. The van der Waals surface area contributed by atoms with Crippen molar-refractivity contribution in [2.24, 2.45) is 0 Å². The van der Waals surface area contributed by atoms with Gasteiger partial charge in [-0.05, 0) is 37.3 Å². The number of aryl methyl sites for hydroxylation is 1. The van der Waals surface area contributed by atoms with Crippen molar-refractivity contribution in [3.05, 3.63) is 35.4 Å². The lowest BCUT2D eigenvalue weighted by Gasteiger charge is -2.11. The Bertz CT molecular complexity index is 296. The second-order valence-electron chi connectivity index (χ2n) is 4.58. The smallest absolute Gasteiger partial charge is 0.0210 e. The van der Waals surface area contributed by atoms with Crippen LogP contribution in [0.25, 0.3) is 0 Å². The van der Waals surface area contributed by atoms with Gasteiger partial charge in [0.05, 0.1) is 0 Å². The summed E-state index contributed by atoms with van der Waals surface area (Å²) in [6, 6.07) is 8.92. The zero-order valence-electron chi connectivity index (χ0n) is 9.14. The van der Waals surface area contributed by atoms with Crippen molar-refractivity contribution in [2.75, 3.05) is 0 Å². The predicted molar refractivity (Wildman–Crippen MR) is 60.3 cm³/mol. The Morgan fingerprint density at radius 1 is 1.14 bits per heavy atom. The number of nitrogens with one attached hydrogen (secondary N) is 1. The summed E-state index contributed by atoms with van der Waals surface area (Å²) in [6.45, 7) is 5.51. The first-order chi connectivity index (χ1) is 6.72. The lowest BCUT2D eigenvalue weighted by Crippen LogP contribution is -2.26. The zero-order valence-corrected chi connectivity index (χ0v) is 9.14. The summed E-state index contributed by atoms with van der Waals surface area (Å²) in [4.78, 5) is 0. The second-order valence-corrected chi connectivity index (χ2v) is 4.58. The Balaban J connectivity index is 1.89. The van der Waals surface area contributed by atoms with E-state index in [9.17, 15) is 0 Å². The van der Waals surface area contributed by atoms with Gasteiger partial charge in [-0.25, -0.2) is 0 Å². The minimum Gasteiger partial charge on any atom is -0.307 e. The average molecular weight is 189 g/mol. The molecule has 1 heteroatoms. The summed E-state index contributed by atoms with van der Waals surface area (Å²) in [5, 5.41) is 3.59. The molecule has 1 fully saturated rings. The van der Waals surface area contributed by atoms with E-state index in [4.69, 9.17) is 0 Å². The fourth-order valence-corrected chi connectivity index (χ4v) is 1.57. The highest BCUT2D eigenvalue weighted by Gasteiger charge is 2.36. The Labute approximate surface area is 86.5 Å². The highest BCUT2D eigenvalue weighted by atomic mass is 15.0. The van der Waals surface area contributed by atoms with Gasteiger partial charge in [0.25, 0.3) is 0 Å². The Morgan fingerprint density at radius 3 is 2.21 bits per heavy atom. The highest BCUT2D eigenvalue weighted by molar-refractivity contribution is 5.22. The number of hydrogen-bond acceptors (Lipinski definition) is 1. The minimum absolute atomic E-state index is 0.448. The van der Waals surface area contributed by atoms with Gasteiger partial charge in [0.15, 0.2) is 0 Å². The maximum atomic E-state index is 3.59. The van der Waals surface area contributed by atoms with Gasteiger partial charge in [-0.15, -0.1) is 0 Å². The topological polar surface area (TPSA) is 12.0 Å². The molecule has 0 saturated heterocycles. The summed E-state index contributed by atoms with van der Waals surface area (Å²) in [5.74, 6) is 0. The van der Waals surface area contributed by atoms with Crippen LogP contribution in [-0.2, 0) is 13.0 Å². The van der Waals surface area contributed by atoms with Crippen LogP contribution in [0.5, 0.6) is 0 Å². The van der Waals surface area contributed by atoms with E-state index < -0.39 is 0 Å². The fourth-order valence-electron chi connectivity index (χ4n) is 1.57. The van der Waals surface area contributed by atoms with Gasteiger partial charge in [-0.3, -0.25) is 0 Å². The van der Waals surface area contributed by atoms with Gasteiger partial charge in [0, 0.05) is 12.1 Å². The lowest BCUT2D eigenvalue weighted by atomic mass is 10.1. The van der Waals surface area contributed by atoms with E-state index in [0.29, 0.717) is 5.54 Å². The van der Waals surface area contributed by atoms with E-state index in [2.05, 4.69) is 43.4 Å². The van der Waals surface area contributed by atoms with Crippen LogP contribution in [0.4, 0.5) is 0 Å². The van der Waals surface area contributed by atoms with Gasteiger partial charge >= 0.3 is 0 Å². The fraction of sp³-hybridized carbons (Fsp3) is 0.538. The molecule has 1 aliphatic carbocycles. The lowest BCUT2D eigenvalue weighted by molar-refractivity contribution is 0.538. The monoisotopic (exact) mass is 189 g/mol. The van der Waals surface area contributed by atoms with Gasteiger partial charge in [0.1, 0.15) is 0 Å². The van der Waals surface area contributed by atoms with Crippen LogP contribution in [-0.4, -0.2) is 5.54 Å². The van der Waals surface area contributed by atoms with Crippen LogP contribution in [0.3, 0.4) is 0 Å². The maximum absolute atomic E-state index is 3.59. The Morgan fingerprint density at radius 2 is 1.71 bits per heavy atom. The van der Waals surface area contributed by atoms with E-state index in [1.165, 1.54) is 24.0 Å². The van der Waals surface area contributed by atoms with Crippen molar-refractivity contribution in [1.29, 1.82) is 0 Å². The molecule has 2 rings (SSSR count). The van der Waals surface area contributed by atoms with Crippen molar-refractivity contribution >= 4 is 0 Å². The molecule has 0 unspecified atom stereocenters. The molecule has 0 amide bonds. The minimum atomic E-state index is 0.448. The van der Waals surface area contributed by atoms with Gasteiger partial charge in [0.2, 0.25) is 0 Å². The summed E-state index contributed by atoms with van der Waals surface area (Å²) in [7, 11) is 0. The number of benzene rings is 1. The van der Waals surface area contributed by atoms with Crippen LogP contribution in [0, 0.1) is 0 Å². The van der Waals surface area contributed by atoms with Crippen molar-refractivity contribution in [3.63, 3.8) is 0 Å². The van der Waals surface area contributed by atoms with Crippen LogP contribution in [0.15, 0.2) is 24.3 Å². The first kappa shape index (κ1) is 9.72. The quantitative estimate of drug-likeness (QED) is 0.768. The number of rotatable bonds is 4. The molecule has 1 saturated carbocycles. The molecule has 1 aliphatic rings. The molecule has 0 aliphatic heterocycles. The molecule has 1 nitrogen and oxygen atoms in total. The zero-order chi connectivity index (χ0) is 10.0. The first-order valence-corrected chi connectivity index (χ1v) is 5.55. The van der Waals surface area contributed by atoms with E-state index in [-0.39, 0.29) is 0 Å². The van der Waals surface area contributed by atoms with E-state index in [1.54, 1.807) is 0 Å². The Kier molecular flexibility index (Phi) is 2.60. The molecule has 1 N–H and O–H groups in total. The molecule has 0 spiro atoms. The van der Waals surface area contributed by atoms with Crippen LogP contribution < -0.4 is 5.32 Å². The summed E-state index contributed by atoms with van der Waals surface area (Å²) >= 11 is 0. The van der Waals surface area contributed by atoms with Crippen molar-refractivity contribution in [1.82, 2.24) is 5.32 Å². The highest BCUT2D eigenvalue weighted by Crippen LogP contribution is 2.34. The average Bonchev–Trinajstić information content (AvgIpc) is 2.95. The third kappa shape index (κ3) is 2.36. The van der Waals surface area contributed by atoms with Gasteiger partial charge < -0.3 is 5.32 Å². The Hall–Kier alpha value is -0.820. The molecule has 0 bridgehead atoms. The van der Waals surface area contributed by atoms with Crippen molar-refractivity contribution < 1.29 is 0 Å². The van der Waals surface area contributed by atoms with Crippen LogP contribution in [0.1, 0.15) is 37.8 Å². The van der Waals surface area contributed by atoms with Crippen LogP contribution >= 0.6 is 0 Å². The third-order valence-electron chi connectivity index (χ3n) is 3.15. The van der Waals surface area contributed by atoms with Crippen molar-refractivity contribution in [3.8, 4) is 0 Å². The first-order valence-electron chi connectivity index (χ1n) is 5.55. The largest absolute Gasteiger partial charge is 0.307 e. The van der Waals surface area contributed by atoms with Gasteiger partial charge in [-0.1, -0.05) is 31.2 Å². The van der Waals surface area contributed by atoms with Gasteiger partial charge in [-0.2, -0.15) is 0 Å². The second kappa shape index (κ2) is 3.74. The number of hydrogen-bond donors (Lipinski definition) is 1. The van der Waals surface area contributed by atoms with E-state index in [1.807, 2.05) is 0 Å². The van der Waals surface area contributed by atoms with E-state index in [0.717, 1.165) is 13.0 Å². The summed E-state index contributed by atoms with van der Waals surface area (Å²) in [5.41, 5.74) is 3.27. The molecular weight excluding hydrogens is 170 g/mol. The SMILES string of the molecule is CCc1ccc(CNC2(C)CC2)cc1. The molecule has 0 heterocycles. The molecule has 0 radical (unpaired) electrons. The summed E-state index contributed by atoms with van der Waals surface area (Å²) < 4.78 is 0. The molecule has 1 aromatic rings. The normalized spacial score (nSPS) is 18.1. The molecular formula is C13H19N. The molecule has 0 atom stereocenters. The van der Waals surface area contributed by atoms with Crippen molar-refractivity contribution in [2.45, 2.75) is 45.2 Å². The third-order valence-corrected chi connectivity index (χ3v) is 3.15. The summed E-state index contributed by atoms with van der Waals surface area (Å²) in [6.07, 6.45) is 3.80. The maximum Gasteiger partial charge on any atom is 0.0210 e. The predicted octanol–water partition coefficient (Wildman–Crippen LogP) is 2.89. The molecule has 0 aromatic heterocycles.